The van der Waals surface area contributed by atoms with Gasteiger partial charge in [0.1, 0.15) is 12.0 Å². The predicted molar refractivity (Wildman–Crippen MR) is 126 cm³/mol. The van der Waals surface area contributed by atoms with Crippen LogP contribution in [0.5, 0.6) is 5.75 Å². The minimum absolute atomic E-state index is 0.631. The zero-order valence-electron chi connectivity index (χ0n) is 19.2. The summed E-state index contributed by atoms with van der Waals surface area (Å²) in [5.41, 5.74) is 4.46. The minimum Gasteiger partial charge on any atom is -0.497 e. The highest BCUT2D eigenvalue weighted by Crippen LogP contribution is 2.24. The number of ether oxygens (including phenoxy) is 2. The first-order valence-corrected chi connectivity index (χ1v) is 11.0. The van der Waals surface area contributed by atoms with Gasteiger partial charge in [0.05, 0.1) is 26.0 Å². The van der Waals surface area contributed by atoms with E-state index >= 15 is 0 Å². The molecule has 1 aliphatic rings. The third-order valence-corrected chi connectivity index (χ3v) is 5.61. The van der Waals surface area contributed by atoms with Gasteiger partial charge in [-0.15, -0.1) is 0 Å². The number of methoxy groups -OCH3 is 1. The van der Waals surface area contributed by atoms with E-state index in [1.807, 2.05) is 12.1 Å². The maximum absolute atomic E-state index is 5.96. The third-order valence-electron chi connectivity index (χ3n) is 5.61. The normalized spacial score (nSPS) is 14.3. The maximum Gasteiger partial charge on any atom is 0.298 e. The van der Waals surface area contributed by atoms with E-state index in [1.165, 1.54) is 11.3 Å². The quantitative estimate of drug-likeness (QED) is 0.506. The molecule has 1 fully saturated rings. The van der Waals surface area contributed by atoms with Gasteiger partial charge in [-0.25, -0.2) is 0 Å². The van der Waals surface area contributed by atoms with Gasteiger partial charge in [-0.2, -0.15) is 4.98 Å². The summed E-state index contributed by atoms with van der Waals surface area (Å²) in [7, 11) is 5.80. The Bertz CT molecular complexity index is 998. The van der Waals surface area contributed by atoms with Gasteiger partial charge >= 0.3 is 0 Å². The third kappa shape index (κ3) is 5.81. The molecule has 7 heteroatoms. The largest absolute Gasteiger partial charge is 0.497 e. The maximum atomic E-state index is 5.96. The Morgan fingerprint density at radius 2 is 1.72 bits per heavy atom. The Morgan fingerprint density at radius 1 is 1.00 bits per heavy atom. The molecule has 3 aromatic rings. The number of morpholine rings is 1. The molecule has 0 amide bonds. The Balaban J connectivity index is 1.56. The fourth-order valence-corrected chi connectivity index (χ4v) is 3.84. The molecule has 0 spiro atoms. The van der Waals surface area contributed by atoms with E-state index in [9.17, 15) is 0 Å². The number of nitrogens with zero attached hydrogens (tertiary/aromatic N) is 4. The van der Waals surface area contributed by atoms with Crippen molar-refractivity contribution in [1.29, 1.82) is 0 Å². The van der Waals surface area contributed by atoms with Gasteiger partial charge in [0.15, 0.2) is 0 Å². The smallest absolute Gasteiger partial charge is 0.298 e. The average Bonchev–Trinajstić information content (AvgIpc) is 3.28. The fraction of sp³-hybridized carbons (Fsp3) is 0.400. The molecule has 7 nitrogen and oxygen atoms in total. The predicted octanol–water partition coefficient (Wildman–Crippen LogP) is 3.79. The lowest BCUT2D eigenvalue weighted by Gasteiger charge is -2.25. The SMILES string of the molecule is COc1cccc(CN(Cc2cccc(N(C)C)c2)c2nc(CN3CCOCC3)co2)c1. The molecule has 0 atom stereocenters. The van der Waals surface area contributed by atoms with Crippen LogP contribution in [0.3, 0.4) is 0 Å². The molecule has 0 radical (unpaired) electrons. The van der Waals surface area contributed by atoms with Crippen LogP contribution < -0.4 is 14.5 Å². The van der Waals surface area contributed by atoms with Crippen molar-refractivity contribution in [3.8, 4) is 5.75 Å². The van der Waals surface area contributed by atoms with Gasteiger partial charge in [0.25, 0.3) is 6.01 Å². The van der Waals surface area contributed by atoms with Gasteiger partial charge in [-0.3, -0.25) is 4.90 Å². The van der Waals surface area contributed by atoms with Crippen molar-refractivity contribution in [2.24, 2.45) is 0 Å². The van der Waals surface area contributed by atoms with Crippen LogP contribution in [0.1, 0.15) is 16.8 Å². The van der Waals surface area contributed by atoms with Crippen molar-refractivity contribution in [3.05, 3.63) is 71.6 Å². The van der Waals surface area contributed by atoms with Crippen LogP contribution >= 0.6 is 0 Å². The molecule has 2 aromatic carbocycles. The number of anilines is 2. The molecule has 0 aliphatic carbocycles. The first-order chi connectivity index (χ1) is 15.6. The second-order valence-corrected chi connectivity index (χ2v) is 8.28. The molecule has 32 heavy (non-hydrogen) atoms. The molecule has 1 aliphatic heterocycles. The minimum atomic E-state index is 0.631. The van der Waals surface area contributed by atoms with E-state index in [0.717, 1.165) is 49.9 Å². The number of rotatable bonds is 9. The second kappa shape index (κ2) is 10.5. The lowest BCUT2D eigenvalue weighted by molar-refractivity contribution is 0.0336. The Labute approximate surface area is 190 Å². The van der Waals surface area contributed by atoms with Gasteiger partial charge < -0.3 is 23.7 Å². The van der Waals surface area contributed by atoms with E-state index in [-0.39, 0.29) is 0 Å². The summed E-state index contributed by atoms with van der Waals surface area (Å²) in [4.78, 5) is 11.5. The highest BCUT2D eigenvalue weighted by atomic mass is 16.5. The molecule has 170 valence electrons. The van der Waals surface area contributed by atoms with Crippen molar-refractivity contribution in [2.75, 3.05) is 57.3 Å². The van der Waals surface area contributed by atoms with Crippen LogP contribution in [0, 0.1) is 0 Å². The van der Waals surface area contributed by atoms with E-state index in [0.29, 0.717) is 19.1 Å². The molecular weight excluding hydrogens is 404 g/mol. The van der Waals surface area contributed by atoms with Gasteiger partial charge in [-0.05, 0) is 35.4 Å². The van der Waals surface area contributed by atoms with Gasteiger partial charge in [-0.1, -0.05) is 24.3 Å². The van der Waals surface area contributed by atoms with Crippen molar-refractivity contribution < 1.29 is 13.9 Å². The molecule has 0 bridgehead atoms. The average molecular weight is 437 g/mol. The Morgan fingerprint density at radius 3 is 2.44 bits per heavy atom. The molecule has 4 rings (SSSR count). The van der Waals surface area contributed by atoms with E-state index in [4.69, 9.17) is 18.9 Å². The second-order valence-electron chi connectivity index (χ2n) is 8.28. The van der Waals surface area contributed by atoms with E-state index in [1.54, 1.807) is 13.4 Å². The van der Waals surface area contributed by atoms with E-state index in [2.05, 4.69) is 65.2 Å². The van der Waals surface area contributed by atoms with Crippen molar-refractivity contribution >= 4 is 11.7 Å². The fourth-order valence-electron chi connectivity index (χ4n) is 3.84. The monoisotopic (exact) mass is 436 g/mol. The number of benzene rings is 2. The van der Waals surface area contributed by atoms with Crippen LogP contribution in [-0.2, 0) is 24.4 Å². The van der Waals surface area contributed by atoms with Crippen LogP contribution in [0.4, 0.5) is 11.7 Å². The van der Waals surface area contributed by atoms with Crippen LogP contribution in [0.2, 0.25) is 0 Å². The summed E-state index contributed by atoms with van der Waals surface area (Å²) in [6.07, 6.45) is 1.78. The molecular formula is C25H32N4O3. The number of hydrogen-bond donors (Lipinski definition) is 0. The van der Waals surface area contributed by atoms with Crippen LogP contribution in [-0.4, -0.2) is 57.4 Å². The van der Waals surface area contributed by atoms with Crippen molar-refractivity contribution in [2.45, 2.75) is 19.6 Å². The lowest BCUT2D eigenvalue weighted by Crippen LogP contribution is -2.35. The van der Waals surface area contributed by atoms with Crippen molar-refractivity contribution in [3.63, 3.8) is 0 Å². The molecule has 1 saturated heterocycles. The molecule has 0 unspecified atom stereocenters. The molecule has 0 N–H and O–H groups in total. The van der Waals surface area contributed by atoms with Crippen LogP contribution in [0.25, 0.3) is 0 Å². The summed E-state index contributed by atoms with van der Waals surface area (Å²) in [6, 6.07) is 17.3. The first-order valence-electron chi connectivity index (χ1n) is 11.0. The summed E-state index contributed by atoms with van der Waals surface area (Å²) >= 11 is 0. The number of hydrogen-bond acceptors (Lipinski definition) is 7. The summed E-state index contributed by atoms with van der Waals surface area (Å²) in [5.74, 6) is 0.845. The number of aromatic nitrogens is 1. The summed E-state index contributed by atoms with van der Waals surface area (Å²) in [5, 5.41) is 0. The van der Waals surface area contributed by atoms with Gasteiger partial charge in [0, 0.05) is 52.5 Å². The Kier molecular flexibility index (Phi) is 7.29. The lowest BCUT2D eigenvalue weighted by atomic mass is 10.1. The summed E-state index contributed by atoms with van der Waals surface area (Å²) < 4.78 is 16.8. The van der Waals surface area contributed by atoms with Crippen LogP contribution in [0.15, 0.2) is 59.2 Å². The Hall–Kier alpha value is -3.03. The topological polar surface area (TPSA) is 54.2 Å². The number of oxazole rings is 1. The molecule has 0 saturated carbocycles. The zero-order valence-corrected chi connectivity index (χ0v) is 19.2. The summed E-state index contributed by atoms with van der Waals surface area (Å²) in [6.45, 7) is 5.52. The highest BCUT2D eigenvalue weighted by molar-refractivity contribution is 5.48. The highest BCUT2D eigenvalue weighted by Gasteiger charge is 2.18. The van der Waals surface area contributed by atoms with Crippen molar-refractivity contribution in [1.82, 2.24) is 9.88 Å². The van der Waals surface area contributed by atoms with Gasteiger partial charge in [0.2, 0.25) is 0 Å². The first kappa shape index (κ1) is 22.2. The van der Waals surface area contributed by atoms with E-state index < -0.39 is 0 Å². The molecule has 1 aromatic heterocycles. The molecule has 2 heterocycles. The standard InChI is InChI=1S/C25H32N4O3/c1-27(2)23-8-4-6-20(14-23)16-29(17-21-7-5-9-24(15-21)30-3)25-26-22(19-32-25)18-28-10-12-31-13-11-28/h4-9,14-15,19H,10-13,16-18H2,1-3H3. The zero-order chi connectivity index (χ0) is 22.3.